The Hall–Kier alpha value is -16.6. The molecule has 0 aliphatic carbocycles. The molecule has 0 saturated heterocycles. The topological polar surface area (TPSA) is 211 Å². The number of hydrogen-bond acceptors (Lipinski definition) is 12. The molecule has 0 atom stereocenters. The SMILES string of the molecule is C(=C1N=C(c2ccccc2)C=C1c1ccccc1)c1ccc(-c2cccs2)[nH]1.C1=C/C(=C/c2ccc(-c3ccccc3)[nH]2)N=C1c1ccccc1.C1=C/C(=C/c2ccc(-c3cccs3)[nH]2)N=C1c1cccs1.CCc1ccc(C=C2C=CC(c3cccs3)=N2)[nH]1.Cc1cc(C)c(C=C2C=CC(c3ccc[nH]3)=N2)[nH]1.Cc1noc(C)c1/C=C/c1ccc(C=C2C=CC(/C=C/c3ccccc3)=N2)[nH]1. The highest BCUT2D eigenvalue weighted by atomic mass is 32.1. The number of hydrogen-bond donors (Lipinski definition) is 7. The molecule has 0 amide bonds. The van der Waals surface area contributed by atoms with E-state index in [-0.39, 0.29) is 0 Å². The van der Waals surface area contributed by atoms with E-state index in [9.17, 15) is 0 Å². The number of nitrogens with zero attached hydrogens (tertiary/aromatic N) is 7. The molecule has 6 aliphatic heterocycles. The van der Waals surface area contributed by atoms with Crippen LogP contribution >= 0.6 is 45.3 Å². The molecule has 136 heavy (non-hydrogen) atoms. The van der Waals surface area contributed by atoms with Gasteiger partial charge in [0.2, 0.25) is 0 Å². The number of aryl methyl sites for hydroxylation is 5. The summed E-state index contributed by atoms with van der Waals surface area (Å²) in [5, 5.41) is 12.3. The van der Waals surface area contributed by atoms with E-state index in [4.69, 9.17) is 9.52 Å². The van der Waals surface area contributed by atoms with Gasteiger partial charge in [-0.25, -0.2) is 30.0 Å². The lowest BCUT2D eigenvalue weighted by Crippen LogP contribution is -1.92. The zero-order chi connectivity index (χ0) is 92.6. The molecule has 12 aromatic heterocycles. The van der Waals surface area contributed by atoms with Gasteiger partial charge in [0.1, 0.15) is 5.76 Å². The van der Waals surface area contributed by atoms with Gasteiger partial charge in [-0.05, 0) is 303 Å². The molecule has 0 radical (unpaired) electrons. The van der Waals surface area contributed by atoms with Crippen LogP contribution in [0.25, 0.3) is 92.7 Å². The first-order chi connectivity index (χ1) is 66.9. The van der Waals surface area contributed by atoms with Gasteiger partial charge in [-0.2, -0.15) is 0 Å². The molecule has 664 valence electrons. The lowest BCUT2D eigenvalue weighted by Gasteiger charge is -2.03. The Balaban J connectivity index is 0.000000110. The molecule has 0 unspecified atom stereocenters. The van der Waals surface area contributed by atoms with Crippen LogP contribution in [-0.2, 0) is 6.42 Å². The molecule has 0 saturated carbocycles. The van der Waals surface area contributed by atoms with Crippen molar-refractivity contribution < 1.29 is 4.52 Å². The van der Waals surface area contributed by atoms with Crippen molar-refractivity contribution in [3.63, 3.8) is 0 Å². The predicted molar refractivity (Wildman–Crippen MR) is 576 cm³/mol. The highest BCUT2D eigenvalue weighted by molar-refractivity contribution is 7.14. The maximum Gasteiger partial charge on any atom is 0.141 e. The minimum atomic E-state index is 0.823. The lowest BCUT2D eigenvalue weighted by molar-refractivity contribution is 0.393. The highest BCUT2D eigenvalue weighted by Gasteiger charge is 2.20. The van der Waals surface area contributed by atoms with Crippen molar-refractivity contribution in [1.29, 1.82) is 0 Å². The zero-order valence-corrected chi connectivity index (χ0v) is 78.7. The second-order valence-electron chi connectivity index (χ2n) is 32.1. The number of benzene rings is 5. The Kier molecular flexibility index (Phi) is 29.2. The van der Waals surface area contributed by atoms with Crippen molar-refractivity contribution in [3.8, 4) is 32.4 Å². The van der Waals surface area contributed by atoms with Crippen molar-refractivity contribution in [2.24, 2.45) is 30.0 Å². The van der Waals surface area contributed by atoms with Gasteiger partial charge in [0.25, 0.3) is 0 Å². The molecule has 5 aromatic carbocycles. The molecule has 0 bridgehead atoms. The fourth-order valence-corrected chi connectivity index (χ4v) is 18.2. The van der Waals surface area contributed by atoms with Gasteiger partial charge in [0, 0.05) is 85.4 Å². The molecule has 15 nitrogen and oxygen atoms in total. The number of allylic oxidation sites excluding steroid dienone is 13. The molecule has 6 aliphatic rings. The average molecular weight is 1840 g/mol. The first-order valence-corrected chi connectivity index (χ1v) is 48.3. The van der Waals surface area contributed by atoms with Gasteiger partial charge in [-0.1, -0.05) is 194 Å². The van der Waals surface area contributed by atoms with Crippen LogP contribution in [0.2, 0.25) is 0 Å². The van der Waals surface area contributed by atoms with Gasteiger partial charge < -0.3 is 39.4 Å². The van der Waals surface area contributed by atoms with E-state index < -0.39 is 0 Å². The van der Waals surface area contributed by atoms with Gasteiger partial charge >= 0.3 is 0 Å². The standard InChI is InChI=1S/C25H18N2S.C24H21N3O.C21H16N2.C17H12N2S2.C15H15N3.C15H14N2S/c1-3-8-18(9-4-1)21-17-23(19-10-5-2-6-11-19)27-24(21)16-20-13-14-22(26-20)25-12-7-15-28-25;1-17-24(18(2)28-27-17)15-14-21-11-13-23(26-21)16-22-12-10-20(25-22)9-8-19-6-4-3-5-7-19;1-3-7-16(8-4-1)20-13-11-18(22-20)15-19-12-14-21(23-19)17-9-5-2-6-10-17;1-3-16(20-9-1)14-7-5-12(18-14)11-13-6-8-15(19-13)17-4-2-10-21-17;1-10-8-11(2)17-15(10)9-12-5-6-14(18-12)13-4-3-7-16-13;1-2-11-5-6-12(16-11)10-13-7-8-14(17-13)15-4-3-9-18-15/h1-17,26H;3-16,26H,1-2H3;1-15,22H;1-11,18H;3-9,16-17H,1-2H3;3-10,16H,2H2,1H3/b;9-8+,15-14+,22-16?;19-15-;13-11-;;. The first-order valence-electron chi connectivity index (χ1n) is 44.8. The van der Waals surface area contributed by atoms with Crippen molar-refractivity contribution in [2.75, 3.05) is 0 Å². The fraction of sp³-hybridized carbons (Fsp3) is 0.0513. The number of rotatable bonds is 20. The summed E-state index contributed by atoms with van der Waals surface area (Å²) in [6, 6.07) is 95.3. The van der Waals surface area contributed by atoms with Crippen LogP contribution in [0.4, 0.5) is 0 Å². The van der Waals surface area contributed by atoms with E-state index >= 15 is 0 Å². The van der Waals surface area contributed by atoms with E-state index in [1.807, 2.05) is 178 Å². The minimum Gasteiger partial charge on any atom is -0.361 e. The molecule has 17 aromatic rings. The van der Waals surface area contributed by atoms with Crippen LogP contribution in [0.5, 0.6) is 0 Å². The lowest BCUT2D eigenvalue weighted by atomic mass is 10.0. The normalized spacial score (nSPS) is 15.6. The maximum atomic E-state index is 5.19. The molecular weight excluding hydrogens is 1750 g/mol. The van der Waals surface area contributed by atoms with Crippen molar-refractivity contribution in [3.05, 3.63) is 525 Å². The summed E-state index contributed by atoms with van der Waals surface area (Å²) in [5.41, 5.74) is 36.3. The largest absolute Gasteiger partial charge is 0.361 e. The van der Waals surface area contributed by atoms with Crippen LogP contribution in [0, 0.1) is 27.7 Å². The van der Waals surface area contributed by atoms with Crippen molar-refractivity contribution in [1.82, 2.24) is 40.0 Å². The molecule has 23 rings (SSSR count). The Morgan fingerprint density at radius 3 is 1.32 bits per heavy atom. The van der Waals surface area contributed by atoms with Gasteiger partial charge in [0.15, 0.2) is 0 Å². The van der Waals surface area contributed by atoms with E-state index in [1.54, 1.807) is 45.3 Å². The third-order valence-corrected chi connectivity index (χ3v) is 25.8. The number of H-pyrrole nitrogens is 7. The Morgan fingerprint density at radius 2 is 0.787 bits per heavy atom. The van der Waals surface area contributed by atoms with Crippen molar-refractivity contribution >= 4 is 140 Å². The van der Waals surface area contributed by atoms with Crippen LogP contribution in [0.1, 0.15) is 118 Å². The summed E-state index contributed by atoms with van der Waals surface area (Å²) in [6.07, 6.45) is 46.2. The molecule has 0 spiro atoms. The number of thiophene rings is 4. The zero-order valence-electron chi connectivity index (χ0n) is 75.4. The number of aromatic amines is 7. The van der Waals surface area contributed by atoms with E-state index in [0.717, 1.165) is 177 Å². The Bertz CT molecular complexity index is 7620. The summed E-state index contributed by atoms with van der Waals surface area (Å²) in [7, 11) is 0. The minimum absolute atomic E-state index is 0.823. The van der Waals surface area contributed by atoms with Gasteiger partial charge in [0.05, 0.1) is 111 Å². The first kappa shape index (κ1) is 90.0. The van der Waals surface area contributed by atoms with Crippen LogP contribution < -0.4 is 0 Å². The second-order valence-corrected chi connectivity index (χ2v) is 35.9. The molecule has 19 heteroatoms. The summed E-state index contributed by atoms with van der Waals surface area (Å²) < 4.78 is 5.19. The molecule has 7 N–H and O–H groups in total. The second kappa shape index (κ2) is 44.1. The van der Waals surface area contributed by atoms with Gasteiger partial charge in [-0.3, -0.25) is 0 Å². The number of aliphatic imine (C=N–C) groups is 6. The van der Waals surface area contributed by atoms with Crippen LogP contribution in [0.15, 0.2) is 448 Å². The third kappa shape index (κ3) is 24.0. The quantitative estimate of drug-likeness (QED) is 0.0397. The monoisotopic (exact) mass is 1840 g/mol. The molecule has 0 fully saturated rings. The fourth-order valence-electron chi connectivity index (χ4n) is 15.3. The average Bonchev–Trinajstić information content (AvgIpc) is 1.65. The molecule has 18 heterocycles. The Labute approximate surface area is 807 Å². The van der Waals surface area contributed by atoms with Crippen LogP contribution in [-0.4, -0.2) is 74.3 Å². The summed E-state index contributed by atoms with van der Waals surface area (Å²) >= 11 is 6.91. The Morgan fingerprint density at radius 1 is 0.324 bits per heavy atom. The third-order valence-electron chi connectivity index (χ3n) is 22.2. The molecular formula is C117H96N14OS4. The van der Waals surface area contributed by atoms with Crippen LogP contribution in [0.3, 0.4) is 0 Å². The maximum absolute atomic E-state index is 5.19. The number of aromatic nitrogens is 8. The highest BCUT2D eigenvalue weighted by Crippen LogP contribution is 2.35. The van der Waals surface area contributed by atoms with E-state index in [2.05, 4.69) is 356 Å². The smallest absolute Gasteiger partial charge is 0.141 e. The van der Waals surface area contributed by atoms with E-state index in [0.29, 0.717) is 0 Å². The summed E-state index contributed by atoms with van der Waals surface area (Å²) in [6.45, 7) is 10.2. The predicted octanol–water partition coefficient (Wildman–Crippen LogP) is 30.2. The summed E-state index contributed by atoms with van der Waals surface area (Å²) in [5.74, 6) is 0.823. The summed E-state index contributed by atoms with van der Waals surface area (Å²) in [4.78, 5) is 56.7. The number of nitrogens with one attached hydrogen (secondary N) is 7. The van der Waals surface area contributed by atoms with E-state index in [1.165, 1.54) is 47.6 Å². The van der Waals surface area contributed by atoms with Gasteiger partial charge in [-0.15, -0.1) is 45.3 Å². The van der Waals surface area contributed by atoms with Crippen molar-refractivity contribution in [2.45, 2.75) is 41.0 Å².